The molecule has 1 saturated heterocycles. The Labute approximate surface area is 133 Å². The lowest BCUT2D eigenvalue weighted by atomic mass is 10.2. The van der Waals surface area contributed by atoms with Gasteiger partial charge in [0.15, 0.2) is 17.5 Å². The zero-order valence-corrected chi connectivity index (χ0v) is 13.4. The molecule has 0 saturated carbocycles. The quantitative estimate of drug-likeness (QED) is 0.478. The van der Waals surface area contributed by atoms with Gasteiger partial charge in [0.2, 0.25) is 0 Å². The van der Waals surface area contributed by atoms with Crippen molar-refractivity contribution < 1.29 is 13.5 Å². The van der Waals surface area contributed by atoms with E-state index in [4.69, 9.17) is 4.74 Å². The lowest BCUT2D eigenvalue weighted by Crippen LogP contribution is -2.41. The van der Waals surface area contributed by atoms with Crippen molar-refractivity contribution in [3.05, 3.63) is 29.8 Å². The van der Waals surface area contributed by atoms with Gasteiger partial charge in [0.05, 0.1) is 6.54 Å². The molecular formula is C15H21F2N3OS. The minimum atomic E-state index is -0.694. The number of thioether (sulfide) groups is 1. The van der Waals surface area contributed by atoms with E-state index in [1.54, 1.807) is 7.05 Å². The number of benzene rings is 1. The van der Waals surface area contributed by atoms with Gasteiger partial charge < -0.3 is 15.4 Å². The van der Waals surface area contributed by atoms with E-state index in [0.717, 1.165) is 12.6 Å². The molecule has 0 aliphatic carbocycles. The molecule has 1 aliphatic heterocycles. The Morgan fingerprint density at radius 2 is 2.27 bits per heavy atom. The van der Waals surface area contributed by atoms with Gasteiger partial charge in [-0.2, -0.15) is 11.8 Å². The average Bonchev–Trinajstić information content (AvgIpc) is 3.01. The summed E-state index contributed by atoms with van der Waals surface area (Å²) in [6.45, 7) is 1.63. The van der Waals surface area contributed by atoms with Gasteiger partial charge in [-0.15, -0.1) is 0 Å². The van der Waals surface area contributed by atoms with E-state index in [2.05, 4.69) is 15.6 Å². The first-order valence-corrected chi connectivity index (χ1v) is 8.38. The highest BCUT2D eigenvalue weighted by Crippen LogP contribution is 2.25. The molecular weight excluding hydrogens is 308 g/mol. The topological polar surface area (TPSA) is 45.7 Å². The Bertz CT molecular complexity index is 508. The zero-order valence-electron chi connectivity index (χ0n) is 12.6. The van der Waals surface area contributed by atoms with E-state index >= 15 is 0 Å². The van der Waals surface area contributed by atoms with Gasteiger partial charge in [-0.25, -0.2) is 8.78 Å². The Kier molecular flexibility index (Phi) is 6.76. The normalized spacial score (nSPS) is 18.3. The third-order valence-corrected chi connectivity index (χ3v) is 4.69. The summed E-state index contributed by atoms with van der Waals surface area (Å²) in [5.74, 6) is 0.678. The second-order valence-corrected chi connectivity index (χ2v) is 6.35. The number of aliphatic imine (C=N–C) groups is 1. The van der Waals surface area contributed by atoms with Crippen LogP contribution in [0.4, 0.5) is 8.78 Å². The van der Waals surface area contributed by atoms with Crippen molar-refractivity contribution in [3.8, 4) is 5.75 Å². The van der Waals surface area contributed by atoms with Gasteiger partial charge in [0, 0.05) is 24.9 Å². The van der Waals surface area contributed by atoms with Gasteiger partial charge >= 0.3 is 0 Å². The van der Waals surface area contributed by atoms with Crippen molar-refractivity contribution in [2.24, 2.45) is 4.99 Å². The SMILES string of the molecule is CN=C(NCCOc1ccc(F)cc1F)NCC1CCCS1. The molecule has 4 nitrogen and oxygen atoms in total. The highest BCUT2D eigenvalue weighted by atomic mass is 32.2. The number of halogens is 2. The third kappa shape index (κ3) is 5.36. The summed E-state index contributed by atoms with van der Waals surface area (Å²) in [5.41, 5.74) is 0. The first kappa shape index (κ1) is 16.9. The Balaban J connectivity index is 1.65. The van der Waals surface area contributed by atoms with Crippen molar-refractivity contribution in [3.63, 3.8) is 0 Å². The van der Waals surface area contributed by atoms with Crippen LogP contribution in [0.3, 0.4) is 0 Å². The first-order chi connectivity index (χ1) is 10.7. The molecule has 1 atom stereocenters. The minimum absolute atomic E-state index is 0.0495. The molecule has 22 heavy (non-hydrogen) atoms. The van der Waals surface area contributed by atoms with E-state index in [-0.39, 0.29) is 12.4 Å². The summed E-state index contributed by atoms with van der Waals surface area (Å²) in [4.78, 5) is 4.13. The number of nitrogens with one attached hydrogen (secondary N) is 2. The first-order valence-electron chi connectivity index (χ1n) is 7.33. The molecule has 1 heterocycles. The monoisotopic (exact) mass is 329 g/mol. The molecule has 2 N–H and O–H groups in total. The van der Waals surface area contributed by atoms with Crippen molar-refractivity contribution in [2.45, 2.75) is 18.1 Å². The predicted octanol–water partition coefficient (Wildman–Crippen LogP) is 2.40. The van der Waals surface area contributed by atoms with Gasteiger partial charge in [0.1, 0.15) is 12.4 Å². The molecule has 7 heteroatoms. The molecule has 1 aromatic carbocycles. The van der Waals surface area contributed by atoms with Crippen LogP contribution in [0.5, 0.6) is 5.75 Å². The molecule has 1 fully saturated rings. The van der Waals surface area contributed by atoms with E-state index in [0.29, 0.717) is 17.8 Å². The maximum absolute atomic E-state index is 13.4. The minimum Gasteiger partial charge on any atom is -0.489 e. The van der Waals surface area contributed by atoms with Crippen LogP contribution in [-0.4, -0.2) is 43.7 Å². The highest BCUT2D eigenvalue weighted by molar-refractivity contribution is 8.00. The molecule has 0 amide bonds. The lowest BCUT2D eigenvalue weighted by Gasteiger charge is -2.15. The van der Waals surface area contributed by atoms with Crippen LogP contribution in [0.2, 0.25) is 0 Å². The summed E-state index contributed by atoms with van der Waals surface area (Å²) < 4.78 is 31.4. The highest BCUT2D eigenvalue weighted by Gasteiger charge is 2.15. The Morgan fingerprint density at radius 1 is 1.41 bits per heavy atom. The predicted molar refractivity (Wildman–Crippen MR) is 86.7 cm³/mol. The second kappa shape index (κ2) is 8.82. The lowest BCUT2D eigenvalue weighted by molar-refractivity contribution is 0.304. The van der Waals surface area contributed by atoms with E-state index in [1.165, 1.54) is 30.7 Å². The van der Waals surface area contributed by atoms with Gasteiger partial charge in [-0.3, -0.25) is 4.99 Å². The molecule has 2 rings (SSSR count). The fraction of sp³-hybridized carbons (Fsp3) is 0.533. The molecule has 0 aromatic heterocycles. The summed E-state index contributed by atoms with van der Waals surface area (Å²) in [7, 11) is 1.71. The van der Waals surface area contributed by atoms with Crippen LogP contribution >= 0.6 is 11.8 Å². The number of hydrogen-bond acceptors (Lipinski definition) is 3. The molecule has 0 radical (unpaired) electrons. The van der Waals surface area contributed by atoms with Crippen LogP contribution in [0.1, 0.15) is 12.8 Å². The van der Waals surface area contributed by atoms with Crippen molar-refractivity contribution in [1.29, 1.82) is 0 Å². The fourth-order valence-corrected chi connectivity index (χ4v) is 3.36. The summed E-state index contributed by atoms with van der Waals surface area (Å²) in [6.07, 6.45) is 2.52. The molecule has 1 aliphatic rings. The van der Waals surface area contributed by atoms with Crippen molar-refractivity contribution >= 4 is 17.7 Å². The van der Waals surface area contributed by atoms with Gasteiger partial charge in [-0.1, -0.05) is 0 Å². The Morgan fingerprint density at radius 3 is 2.95 bits per heavy atom. The standard InChI is InChI=1S/C15H21F2N3OS/c1-18-15(20-10-12-3-2-8-22-12)19-6-7-21-14-5-4-11(16)9-13(14)17/h4-5,9,12H,2-3,6-8,10H2,1H3,(H2,18,19,20). The van der Waals surface area contributed by atoms with Crippen LogP contribution in [-0.2, 0) is 0 Å². The molecule has 1 aromatic rings. The number of rotatable bonds is 6. The number of ether oxygens (including phenoxy) is 1. The summed E-state index contributed by atoms with van der Waals surface area (Å²) in [5, 5.41) is 7.01. The number of hydrogen-bond donors (Lipinski definition) is 2. The van der Waals surface area contributed by atoms with E-state index in [1.807, 2.05) is 11.8 Å². The average molecular weight is 329 g/mol. The van der Waals surface area contributed by atoms with Crippen molar-refractivity contribution in [1.82, 2.24) is 10.6 Å². The molecule has 1 unspecified atom stereocenters. The number of nitrogens with zero attached hydrogens (tertiary/aromatic N) is 1. The van der Waals surface area contributed by atoms with Gasteiger partial charge in [-0.05, 0) is 30.7 Å². The summed E-state index contributed by atoms with van der Waals surface area (Å²) >= 11 is 1.98. The van der Waals surface area contributed by atoms with Crippen LogP contribution in [0, 0.1) is 11.6 Å². The Hall–Kier alpha value is -1.50. The molecule has 122 valence electrons. The van der Waals surface area contributed by atoms with Crippen LogP contribution in [0.15, 0.2) is 23.2 Å². The van der Waals surface area contributed by atoms with Crippen molar-refractivity contribution in [2.75, 3.05) is 32.5 Å². The smallest absolute Gasteiger partial charge is 0.191 e. The van der Waals surface area contributed by atoms with Crippen LogP contribution in [0.25, 0.3) is 0 Å². The maximum atomic E-state index is 13.4. The maximum Gasteiger partial charge on any atom is 0.191 e. The third-order valence-electron chi connectivity index (χ3n) is 3.29. The molecule has 0 spiro atoms. The van der Waals surface area contributed by atoms with Gasteiger partial charge in [0.25, 0.3) is 0 Å². The van der Waals surface area contributed by atoms with E-state index in [9.17, 15) is 8.78 Å². The van der Waals surface area contributed by atoms with Crippen LogP contribution < -0.4 is 15.4 Å². The largest absolute Gasteiger partial charge is 0.489 e. The molecule has 0 bridgehead atoms. The summed E-state index contributed by atoms with van der Waals surface area (Å²) in [6, 6.07) is 3.27. The zero-order chi connectivity index (χ0) is 15.8. The van der Waals surface area contributed by atoms with E-state index < -0.39 is 11.6 Å². The second-order valence-electron chi connectivity index (χ2n) is 4.94. The number of guanidine groups is 1. The fourth-order valence-electron chi connectivity index (χ4n) is 2.16.